The molecular weight excluding hydrogens is 470 g/mol. The highest BCUT2D eigenvalue weighted by molar-refractivity contribution is 8.01. The number of urea groups is 1. The van der Waals surface area contributed by atoms with Gasteiger partial charge in [-0.15, -0.1) is 11.8 Å². The molecule has 1 aromatic carbocycles. The molecule has 184 valence electrons. The molecule has 4 rings (SSSR count). The van der Waals surface area contributed by atoms with E-state index in [0.29, 0.717) is 11.7 Å². The number of hydrogen-bond acceptors (Lipinski definition) is 6. The zero-order valence-corrected chi connectivity index (χ0v) is 21.0. The van der Waals surface area contributed by atoms with E-state index in [1.165, 1.54) is 35.1 Å². The summed E-state index contributed by atoms with van der Waals surface area (Å²) in [6, 6.07) is 10.7. The van der Waals surface area contributed by atoms with Crippen molar-refractivity contribution in [1.29, 1.82) is 0 Å². The van der Waals surface area contributed by atoms with Gasteiger partial charge in [0.05, 0.1) is 28.9 Å². The van der Waals surface area contributed by atoms with E-state index < -0.39 is 5.97 Å². The number of nitrogens with zero attached hydrogens (tertiary/aromatic N) is 2. The Kier molecular flexibility index (Phi) is 9.24. The number of hydrogen-bond donors (Lipinski definition) is 2. The minimum atomic E-state index is -0.865. The van der Waals surface area contributed by atoms with Crippen LogP contribution >= 0.6 is 23.1 Å². The van der Waals surface area contributed by atoms with Crippen LogP contribution in [0.3, 0.4) is 0 Å². The second-order valence-electron chi connectivity index (χ2n) is 9.02. The van der Waals surface area contributed by atoms with Crippen molar-refractivity contribution in [2.24, 2.45) is 0 Å². The van der Waals surface area contributed by atoms with Crippen LogP contribution in [0.5, 0.6) is 0 Å². The number of anilines is 1. The molecule has 7 nitrogen and oxygen atoms in total. The van der Waals surface area contributed by atoms with Crippen molar-refractivity contribution in [2.75, 3.05) is 11.1 Å². The van der Waals surface area contributed by atoms with E-state index in [4.69, 9.17) is 9.84 Å². The fourth-order valence-corrected chi connectivity index (χ4v) is 6.52. The van der Waals surface area contributed by atoms with Crippen molar-refractivity contribution >= 4 is 40.2 Å². The molecule has 2 fully saturated rings. The average Bonchev–Trinajstić information content (AvgIpc) is 3.31. The lowest BCUT2D eigenvalue weighted by molar-refractivity contribution is -0.133. The molecule has 2 aliphatic carbocycles. The van der Waals surface area contributed by atoms with Crippen molar-refractivity contribution in [1.82, 2.24) is 9.88 Å². The first-order valence-corrected chi connectivity index (χ1v) is 13.9. The number of carboxylic acid groups (broad SMARTS) is 1. The Morgan fingerprint density at radius 2 is 1.76 bits per heavy atom. The summed E-state index contributed by atoms with van der Waals surface area (Å²) >= 11 is 2.55. The van der Waals surface area contributed by atoms with Crippen molar-refractivity contribution < 1.29 is 19.4 Å². The molecule has 0 aliphatic heterocycles. The number of thioether (sulfide) groups is 1. The Labute approximate surface area is 209 Å². The third kappa shape index (κ3) is 7.20. The van der Waals surface area contributed by atoms with Crippen LogP contribution in [0.1, 0.15) is 63.4 Å². The van der Waals surface area contributed by atoms with Crippen molar-refractivity contribution in [3.05, 3.63) is 42.1 Å². The fraction of sp³-hybridized carbons (Fsp3) is 0.560. The predicted octanol–water partition coefficient (Wildman–Crippen LogP) is 6.01. The zero-order valence-electron chi connectivity index (χ0n) is 19.4. The third-order valence-electron chi connectivity index (χ3n) is 6.60. The van der Waals surface area contributed by atoms with Gasteiger partial charge in [-0.25, -0.2) is 9.78 Å². The SMILES string of the molecule is O=C(O)CSc1cnc(NC(=O)N(C2CCCCC2)[C@H]2CC[C@H](OCc3ccccc3)CC2)s1. The highest BCUT2D eigenvalue weighted by Gasteiger charge is 2.35. The first kappa shape index (κ1) is 25.0. The van der Waals surface area contributed by atoms with Gasteiger partial charge in [0, 0.05) is 12.1 Å². The van der Waals surface area contributed by atoms with Gasteiger partial charge in [0.2, 0.25) is 0 Å². The van der Waals surface area contributed by atoms with E-state index in [0.717, 1.165) is 55.6 Å². The number of carboxylic acids is 1. The minimum absolute atomic E-state index is 0.0145. The van der Waals surface area contributed by atoms with Crippen LogP contribution in [0, 0.1) is 0 Å². The Balaban J connectivity index is 1.34. The largest absolute Gasteiger partial charge is 0.481 e. The molecular formula is C25H33N3O4S2. The maximum atomic E-state index is 13.4. The van der Waals surface area contributed by atoms with Crippen LogP contribution in [0.25, 0.3) is 0 Å². The lowest BCUT2D eigenvalue weighted by Gasteiger charge is -2.42. The van der Waals surface area contributed by atoms with E-state index in [2.05, 4.69) is 27.3 Å². The second-order valence-corrected chi connectivity index (χ2v) is 11.3. The molecule has 1 aromatic heterocycles. The van der Waals surface area contributed by atoms with Crippen LogP contribution in [-0.4, -0.2) is 50.9 Å². The molecule has 1 heterocycles. The highest BCUT2D eigenvalue weighted by atomic mass is 32.2. The summed E-state index contributed by atoms with van der Waals surface area (Å²) in [6.45, 7) is 0.634. The second kappa shape index (κ2) is 12.6. The molecule has 2 amide bonds. The third-order valence-corrected chi connectivity index (χ3v) is 8.70. The van der Waals surface area contributed by atoms with Crippen LogP contribution < -0.4 is 5.32 Å². The summed E-state index contributed by atoms with van der Waals surface area (Å²) in [7, 11) is 0. The number of carbonyl (C=O) groups excluding carboxylic acids is 1. The molecule has 34 heavy (non-hydrogen) atoms. The van der Waals surface area contributed by atoms with Crippen molar-refractivity contribution in [2.45, 2.75) is 86.8 Å². The van der Waals surface area contributed by atoms with Gasteiger partial charge in [-0.1, -0.05) is 60.9 Å². The Morgan fingerprint density at radius 1 is 1.06 bits per heavy atom. The van der Waals surface area contributed by atoms with Gasteiger partial charge in [0.25, 0.3) is 0 Å². The number of benzene rings is 1. The molecule has 0 atom stereocenters. The van der Waals surface area contributed by atoms with E-state index >= 15 is 0 Å². The van der Waals surface area contributed by atoms with E-state index in [9.17, 15) is 9.59 Å². The predicted molar refractivity (Wildman–Crippen MR) is 135 cm³/mol. The first-order chi connectivity index (χ1) is 16.6. The maximum absolute atomic E-state index is 13.4. The molecule has 9 heteroatoms. The molecule has 2 aliphatic rings. The van der Waals surface area contributed by atoms with Gasteiger partial charge in [-0.05, 0) is 44.1 Å². The molecule has 0 bridgehead atoms. The van der Waals surface area contributed by atoms with E-state index in [1.807, 2.05) is 18.2 Å². The average molecular weight is 504 g/mol. The summed E-state index contributed by atoms with van der Waals surface area (Å²) in [5.74, 6) is -0.880. The number of carbonyl (C=O) groups is 2. The lowest BCUT2D eigenvalue weighted by atomic mass is 9.88. The number of ether oxygens (including phenoxy) is 1. The molecule has 0 unspecified atom stereocenters. The lowest BCUT2D eigenvalue weighted by Crippen LogP contribution is -2.51. The van der Waals surface area contributed by atoms with Crippen LogP contribution in [-0.2, 0) is 16.1 Å². The number of rotatable bonds is 9. The Bertz CT molecular complexity index is 925. The maximum Gasteiger partial charge on any atom is 0.324 e. The normalized spacial score (nSPS) is 21.2. The van der Waals surface area contributed by atoms with Gasteiger partial charge < -0.3 is 14.7 Å². The summed E-state index contributed by atoms with van der Waals surface area (Å²) in [5, 5.41) is 12.4. The summed E-state index contributed by atoms with van der Waals surface area (Å²) in [6.07, 6.45) is 11.3. The molecule has 0 saturated heterocycles. The minimum Gasteiger partial charge on any atom is -0.481 e. The first-order valence-electron chi connectivity index (χ1n) is 12.1. The summed E-state index contributed by atoms with van der Waals surface area (Å²) < 4.78 is 6.96. The molecule has 2 saturated carbocycles. The number of nitrogens with one attached hydrogen (secondary N) is 1. The van der Waals surface area contributed by atoms with E-state index in [-0.39, 0.29) is 30.0 Å². The van der Waals surface area contributed by atoms with Crippen LogP contribution in [0.15, 0.2) is 40.7 Å². The molecule has 2 N–H and O–H groups in total. The number of aliphatic carboxylic acids is 1. The smallest absolute Gasteiger partial charge is 0.324 e. The van der Waals surface area contributed by atoms with Gasteiger partial charge in [-0.3, -0.25) is 10.1 Å². The number of thiazole rings is 1. The highest BCUT2D eigenvalue weighted by Crippen LogP contribution is 2.33. The molecule has 2 aromatic rings. The summed E-state index contributed by atoms with van der Waals surface area (Å²) in [4.78, 5) is 30.6. The van der Waals surface area contributed by atoms with Crippen molar-refractivity contribution in [3.8, 4) is 0 Å². The monoisotopic (exact) mass is 503 g/mol. The molecule has 0 radical (unpaired) electrons. The molecule has 0 spiro atoms. The number of aromatic nitrogens is 1. The number of amides is 2. The van der Waals surface area contributed by atoms with Gasteiger partial charge in [0.15, 0.2) is 5.13 Å². The topological polar surface area (TPSA) is 91.8 Å². The van der Waals surface area contributed by atoms with Crippen LogP contribution in [0.2, 0.25) is 0 Å². The van der Waals surface area contributed by atoms with Gasteiger partial charge in [-0.2, -0.15) is 0 Å². The van der Waals surface area contributed by atoms with Gasteiger partial charge >= 0.3 is 12.0 Å². The standard InChI is InChI=1S/C25H33N3O4S2/c29-22(30)17-33-23-15-26-24(34-23)27-25(31)28(19-9-5-2-6-10-19)20-11-13-21(14-12-20)32-16-18-7-3-1-4-8-18/h1,3-4,7-8,15,19-21H,2,5-6,9-14,16-17H2,(H,29,30)(H,26,27,31)/t20-,21-. The van der Waals surface area contributed by atoms with Crippen LogP contribution in [0.4, 0.5) is 9.93 Å². The Morgan fingerprint density at radius 3 is 2.47 bits per heavy atom. The Hall–Kier alpha value is -2.10. The zero-order chi connectivity index (χ0) is 23.8. The summed E-state index contributed by atoms with van der Waals surface area (Å²) in [5.41, 5.74) is 1.19. The van der Waals surface area contributed by atoms with Gasteiger partial charge in [0.1, 0.15) is 0 Å². The fourth-order valence-electron chi connectivity index (χ4n) is 4.94. The quantitative estimate of drug-likeness (QED) is 0.407. The van der Waals surface area contributed by atoms with E-state index in [1.54, 1.807) is 6.20 Å². The van der Waals surface area contributed by atoms with Crippen molar-refractivity contribution in [3.63, 3.8) is 0 Å².